The lowest BCUT2D eigenvalue weighted by molar-refractivity contribution is 0.206. The molecule has 3 heteroatoms. The molecule has 0 radical (unpaired) electrons. The van der Waals surface area contributed by atoms with Crippen molar-refractivity contribution >= 4 is 10.8 Å². The zero-order valence-corrected chi connectivity index (χ0v) is 12.2. The molecular weight excluding hydrogens is 246 g/mol. The average Bonchev–Trinajstić information content (AvgIpc) is 2.48. The monoisotopic (exact) mass is 269 g/mol. The van der Waals surface area contributed by atoms with E-state index in [1.54, 1.807) is 0 Å². The van der Waals surface area contributed by atoms with Crippen LogP contribution in [0.1, 0.15) is 18.4 Å². The molecule has 1 aliphatic heterocycles. The average molecular weight is 269 g/mol. The molecule has 0 spiro atoms. The summed E-state index contributed by atoms with van der Waals surface area (Å²) in [6, 6.07) is 8.57. The largest absolute Gasteiger partial charge is 0.312 e. The molecule has 1 aromatic heterocycles. The fraction of sp³-hybridized carbons (Fsp3) is 0.471. The highest BCUT2D eigenvalue weighted by Crippen LogP contribution is 2.18. The van der Waals surface area contributed by atoms with Gasteiger partial charge in [0.05, 0.1) is 0 Å². The number of rotatable bonds is 4. The highest BCUT2D eigenvalue weighted by atomic mass is 15.1. The Morgan fingerprint density at radius 3 is 3.20 bits per heavy atom. The molecule has 20 heavy (non-hydrogen) atoms. The number of likely N-dealkylation sites (tertiary alicyclic amines) is 1. The normalized spacial score (nSPS) is 20.4. The van der Waals surface area contributed by atoms with E-state index in [-0.39, 0.29) is 0 Å². The Hall–Kier alpha value is -1.45. The molecule has 2 heterocycles. The van der Waals surface area contributed by atoms with Gasteiger partial charge in [-0.15, -0.1) is 0 Å². The van der Waals surface area contributed by atoms with Gasteiger partial charge < -0.3 is 10.2 Å². The molecule has 1 aliphatic rings. The number of piperidine rings is 1. The summed E-state index contributed by atoms with van der Waals surface area (Å²) in [7, 11) is 2.23. The molecule has 1 fully saturated rings. The summed E-state index contributed by atoms with van der Waals surface area (Å²) in [5, 5.41) is 6.18. The number of benzene rings is 1. The lowest BCUT2D eigenvalue weighted by Gasteiger charge is -2.29. The van der Waals surface area contributed by atoms with Crippen molar-refractivity contribution in [3.63, 3.8) is 0 Å². The van der Waals surface area contributed by atoms with Gasteiger partial charge >= 0.3 is 0 Å². The van der Waals surface area contributed by atoms with Crippen LogP contribution in [0.2, 0.25) is 0 Å². The van der Waals surface area contributed by atoms with Crippen molar-refractivity contribution in [1.82, 2.24) is 15.2 Å². The summed E-state index contributed by atoms with van der Waals surface area (Å²) in [5.74, 6) is 0.797. The number of hydrogen-bond acceptors (Lipinski definition) is 3. The van der Waals surface area contributed by atoms with Gasteiger partial charge in [-0.1, -0.05) is 18.2 Å². The molecule has 3 nitrogen and oxygen atoms in total. The van der Waals surface area contributed by atoms with Gasteiger partial charge in [0.25, 0.3) is 0 Å². The summed E-state index contributed by atoms with van der Waals surface area (Å²) >= 11 is 0. The Morgan fingerprint density at radius 1 is 1.35 bits per heavy atom. The van der Waals surface area contributed by atoms with Crippen LogP contribution >= 0.6 is 0 Å². The summed E-state index contributed by atoms with van der Waals surface area (Å²) in [4.78, 5) is 6.63. The van der Waals surface area contributed by atoms with Crippen LogP contribution in [0.25, 0.3) is 10.8 Å². The third-order valence-corrected chi connectivity index (χ3v) is 4.24. The maximum absolute atomic E-state index is 4.19. The fourth-order valence-electron chi connectivity index (χ4n) is 3.19. The standard InChI is InChI=1S/C17H23N3/c1-20-9-3-4-14(13-20)10-19-12-16-6-2-5-15-11-18-8-7-17(15)16/h2,5-8,11,14,19H,3-4,9-10,12-13H2,1H3. The Balaban J connectivity index is 1.60. The van der Waals surface area contributed by atoms with E-state index in [1.165, 1.54) is 42.3 Å². The van der Waals surface area contributed by atoms with Crippen molar-refractivity contribution < 1.29 is 0 Å². The van der Waals surface area contributed by atoms with E-state index in [9.17, 15) is 0 Å². The maximum atomic E-state index is 4.19. The van der Waals surface area contributed by atoms with Crippen LogP contribution in [0.5, 0.6) is 0 Å². The van der Waals surface area contributed by atoms with E-state index in [0.29, 0.717) is 0 Å². The maximum Gasteiger partial charge on any atom is 0.0346 e. The molecule has 0 bridgehead atoms. The molecule has 0 amide bonds. The zero-order valence-electron chi connectivity index (χ0n) is 12.2. The number of nitrogens with zero attached hydrogens (tertiary/aromatic N) is 2. The van der Waals surface area contributed by atoms with Crippen LogP contribution in [-0.2, 0) is 6.54 Å². The first kappa shape index (κ1) is 13.5. The fourth-order valence-corrected chi connectivity index (χ4v) is 3.19. The van der Waals surface area contributed by atoms with Gasteiger partial charge in [-0.25, -0.2) is 0 Å². The smallest absolute Gasteiger partial charge is 0.0346 e. The van der Waals surface area contributed by atoms with Gasteiger partial charge in [0.2, 0.25) is 0 Å². The molecule has 2 aromatic rings. The first-order valence-corrected chi connectivity index (χ1v) is 7.54. The van der Waals surface area contributed by atoms with E-state index in [4.69, 9.17) is 0 Å². The highest BCUT2D eigenvalue weighted by Gasteiger charge is 2.16. The molecule has 3 rings (SSSR count). The van der Waals surface area contributed by atoms with E-state index < -0.39 is 0 Å². The first-order valence-electron chi connectivity index (χ1n) is 7.54. The number of nitrogens with one attached hydrogen (secondary N) is 1. The lowest BCUT2D eigenvalue weighted by Crippen LogP contribution is -2.37. The van der Waals surface area contributed by atoms with Crippen molar-refractivity contribution in [1.29, 1.82) is 0 Å². The van der Waals surface area contributed by atoms with Gasteiger partial charge in [0, 0.05) is 30.9 Å². The Labute approximate surface area is 121 Å². The Kier molecular flexibility index (Phi) is 4.28. The van der Waals surface area contributed by atoms with E-state index in [0.717, 1.165) is 19.0 Å². The first-order chi connectivity index (χ1) is 9.83. The lowest BCUT2D eigenvalue weighted by atomic mass is 9.98. The number of hydrogen-bond donors (Lipinski definition) is 1. The van der Waals surface area contributed by atoms with Crippen molar-refractivity contribution in [2.45, 2.75) is 19.4 Å². The molecule has 0 aliphatic carbocycles. The second kappa shape index (κ2) is 6.33. The van der Waals surface area contributed by atoms with E-state index in [2.05, 4.69) is 46.5 Å². The Bertz CT molecular complexity index is 562. The molecule has 1 atom stereocenters. The van der Waals surface area contributed by atoms with Crippen molar-refractivity contribution in [2.75, 3.05) is 26.7 Å². The summed E-state index contributed by atoms with van der Waals surface area (Å²) < 4.78 is 0. The van der Waals surface area contributed by atoms with Crippen molar-refractivity contribution in [2.24, 2.45) is 5.92 Å². The minimum atomic E-state index is 0.797. The predicted octanol–water partition coefficient (Wildman–Crippen LogP) is 2.67. The molecule has 1 aromatic carbocycles. The minimum absolute atomic E-state index is 0.797. The second-order valence-electron chi connectivity index (χ2n) is 5.92. The molecule has 0 saturated carbocycles. The van der Waals surface area contributed by atoms with E-state index >= 15 is 0 Å². The van der Waals surface area contributed by atoms with Gasteiger partial charge in [-0.2, -0.15) is 0 Å². The molecule has 1 saturated heterocycles. The van der Waals surface area contributed by atoms with Crippen molar-refractivity contribution in [3.05, 3.63) is 42.2 Å². The number of aromatic nitrogens is 1. The van der Waals surface area contributed by atoms with Crippen LogP contribution in [0.3, 0.4) is 0 Å². The molecule has 106 valence electrons. The summed E-state index contributed by atoms with van der Waals surface area (Å²) in [6.07, 6.45) is 6.51. The topological polar surface area (TPSA) is 28.2 Å². The second-order valence-corrected chi connectivity index (χ2v) is 5.92. The SMILES string of the molecule is CN1CCCC(CNCc2cccc3cnccc23)C1. The van der Waals surface area contributed by atoms with Crippen LogP contribution in [0, 0.1) is 5.92 Å². The minimum Gasteiger partial charge on any atom is -0.312 e. The van der Waals surface area contributed by atoms with Crippen LogP contribution in [-0.4, -0.2) is 36.6 Å². The number of pyridine rings is 1. The van der Waals surface area contributed by atoms with Gasteiger partial charge in [0.15, 0.2) is 0 Å². The van der Waals surface area contributed by atoms with Crippen LogP contribution in [0.4, 0.5) is 0 Å². The van der Waals surface area contributed by atoms with Crippen LogP contribution in [0.15, 0.2) is 36.7 Å². The molecule has 1 unspecified atom stereocenters. The van der Waals surface area contributed by atoms with Gasteiger partial charge in [-0.3, -0.25) is 4.98 Å². The summed E-state index contributed by atoms with van der Waals surface area (Å²) in [5.41, 5.74) is 1.37. The van der Waals surface area contributed by atoms with Gasteiger partial charge in [-0.05, 0) is 55.9 Å². The Morgan fingerprint density at radius 2 is 2.30 bits per heavy atom. The quantitative estimate of drug-likeness (QED) is 0.925. The van der Waals surface area contributed by atoms with Gasteiger partial charge in [0.1, 0.15) is 0 Å². The third kappa shape index (κ3) is 3.17. The van der Waals surface area contributed by atoms with Crippen molar-refractivity contribution in [3.8, 4) is 0 Å². The van der Waals surface area contributed by atoms with E-state index in [1.807, 2.05) is 12.4 Å². The molecular formula is C17H23N3. The van der Waals surface area contributed by atoms with Crippen LogP contribution < -0.4 is 5.32 Å². The summed E-state index contributed by atoms with van der Waals surface area (Å²) in [6.45, 7) is 4.55. The molecule has 1 N–H and O–H groups in total. The predicted molar refractivity (Wildman–Crippen MR) is 83.7 cm³/mol. The third-order valence-electron chi connectivity index (χ3n) is 4.24. The highest BCUT2D eigenvalue weighted by molar-refractivity contribution is 5.84. The number of fused-ring (bicyclic) bond motifs is 1. The zero-order chi connectivity index (χ0) is 13.8.